The highest BCUT2D eigenvalue weighted by Crippen LogP contribution is 2.44. The molecule has 3 rings (SSSR count). The minimum absolute atomic E-state index is 0.00157. The molecule has 2 amide bonds. The topological polar surface area (TPSA) is 49.4 Å². The first-order valence-corrected chi connectivity index (χ1v) is 6.64. The van der Waals surface area contributed by atoms with E-state index < -0.39 is 5.54 Å². The molecule has 4 heteroatoms. The lowest BCUT2D eigenvalue weighted by molar-refractivity contribution is -0.152. The molecule has 100 valence electrons. The molecule has 2 aliphatic rings. The molecule has 1 unspecified atom stereocenters. The molecule has 1 saturated heterocycles. The number of nitrogens with one attached hydrogen (secondary N) is 1. The van der Waals surface area contributed by atoms with E-state index in [1.165, 1.54) is 0 Å². The van der Waals surface area contributed by atoms with Crippen LogP contribution in [0.2, 0.25) is 0 Å². The van der Waals surface area contributed by atoms with E-state index >= 15 is 0 Å². The molecule has 1 aromatic carbocycles. The van der Waals surface area contributed by atoms with Gasteiger partial charge in [-0.2, -0.15) is 0 Å². The predicted octanol–water partition coefficient (Wildman–Crippen LogP) is 1.41. The van der Waals surface area contributed by atoms with Crippen LogP contribution in [0.1, 0.15) is 32.3 Å². The SMILES string of the molecule is CC1(c2ccccc2)NC(=O)CN(C2(C)CC2)C1=O. The zero-order chi connectivity index (χ0) is 13.7. The standard InChI is InChI=1S/C15H18N2O2/c1-14(8-9-14)17-10-12(18)16-15(2,13(17)19)11-6-4-3-5-7-11/h3-7H,8-10H2,1-2H3,(H,16,18). The molecule has 4 nitrogen and oxygen atoms in total. The van der Waals surface area contributed by atoms with Crippen molar-refractivity contribution in [3.05, 3.63) is 35.9 Å². The summed E-state index contributed by atoms with van der Waals surface area (Å²) >= 11 is 0. The van der Waals surface area contributed by atoms with Crippen molar-refractivity contribution in [2.75, 3.05) is 6.54 Å². The Hall–Kier alpha value is -1.84. The van der Waals surface area contributed by atoms with Crippen molar-refractivity contribution in [3.63, 3.8) is 0 Å². The molecule has 1 aliphatic carbocycles. The van der Waals surface area contributed by atoms with Crippen LogP contribution in [0.15, 0.2) is 30.3 Å². The van der Waals surface area contributed by atoms with Gasteiger partial charge in [0.1, 0.15) is 12.1 Å². The molecule has 0 spiro atoms. The fourth-order valence-electron chi connectivity index (χ4n) is 2.71. The number of nitrogens with zero attached hydrogens (tertiary/aromatic N) is 1. The van der Waals surface area contributed by atoms with Crippen molar-refractivity contribution in [3.8, 4) is 0 Å². The van der Waals surface area contributed by atoms with Gasteiger partial charge in [-0.25, -0.2) is 0 Å². The lowest BCUT2D eigenvalue weighted by Gasteiger charge is -2.43. The number of benzene rings is 1. The molecular formula is C15H18N2O2. The monoisotopic (exact) mass is 258 g/mol. The van der Waals surface area contributed by atoms with Crippen LogP contribution in [-0.2, 0) is 15.1 Å². The second kappa shape index (κ2) is 3.83. The largest absolute Gasteiger partial charge is 0.337 e. The number of rotatable bonds is 2. The summed E-state index contributed by atoms with van der Waals surface area (Å²) in [7, 11) is 0. The van der Waals surface area contributed by atoms with Crippen molar-refractivity contribution >= 4 is 11.8 Å². The first-order valence-electron chi connectivity index (χ1n) is 6.64. The normalized spacial score (nSPS) is 29.1. The minimum atomic E-state index is -0.942. The van der Waals surface area contributed by atoms with E-state index in [1.54, 1.807) is 11.8 Å². The van der Waals surface area contributed by atoms with E-state index in [4.69, 9.17) is 0 Å². The molecule has 0 aromatic heterocycles. The lowest BCUT2D eigenvalue weighted by Crippen LogP contribution is -2.65. The highest BCUT2D eigenvalue weighted by Gasteiger charge is 2.54. The summed E-state index contributed by atoms with van der Waals surface area (Å²) < 4.78 is 0. The fraction of sp³-hybridized carbons (Fsp3) is 0.467. The Kier molecular flexibility index (Phi) is 2.46. The number of amides is 2. The molecule has 0 radical (unpaired) electrons. The summed E-state index contributed by atoms with van der Waals surface area (Å²) in [5, 5.41) is 2.86. The van der Waals surface area contributed by atoms with Crippen LogP contribution in [0, 0.1) is 0 Å². The molecule has 1 saturated carbocycles. The Labute approximate surface area is 112 Å². The number of carbonyl (C=O) groups is 2. The van der Waals surface area contributed by atoms with Crippen LogP contribution in [0.25, 0.3) is 0 Å². The number of hydrogen-bond acceptors (Lipinski definition) is 2. The lowest BCUT2D eigenvalue weighted by atomic mass is 9.87. The molecule has 1 heterocycles. The van der Waals surface area contributed by atoms with Crippen LogP contribution in [0.3, 0.4) is 0 Å². The van der Waals surface area contributed by atoms with Gasteiger partial charge in [0.05, 0.1) is 0 Å². The Morgan fingerprint density at radius 1 is 1.11 bits per heavy atom. The minimum Gasteiger partial charge on any atom is -0.337 e. The van der Waals surface area contributed by atoms with Gasteiger partial charge in [-0.05, 0) is 32.3 Å². The van der Waals surface area contributed by atoms with Crippen LogP contribution in [-0.4, -0.2) is 28.8 Å². The summed E-state index contributed by atoms with van der Waals surface area (Å²) in [4.78, 5) is 26.5. The van der Waals surface area contributed by atoms with Gasteiger partial charge in [0.15, 0.2) is 0 Å². The molecule has 1 aliphatic heterocycles. The molecule has 2 fully saturated rings. The van der Waals surface area contributed by atoms with E-state index in [0.29, 0.717) is 0 Å². The van der Waals surface area contributed by atoms with Crippen molar-refractivity contribution < 1.29 is 9.59 Å². The number of piperazine rings is 1. The van der Waals surface area contributed by atoms with Crippen LogP contribution < -0.4 is 5.32 Å². The highest BCUT2D eigenvalue weighted by molar-refractivity contribution is 5.99. The second-order valence-corrected chi connectivity index (χ2v) is 5.93. The maximum Gasteiger partial charge on any atom is 0.253 e. The third-order valence-electron chi connectivity index (χ3n) is 4.34. The van der Waals surface area contributed by atoms with Gasteiger partial charge in [0.25, 0.3) is 5.91 Å². The van der Waals surface area contributed by atoms with E-state index in [0.717, 1.165) is 18.4 Å². The van der Waals surface area contributed by atoms with E-state index in [-0.39, 0.29) is 23.9 Å². The van der Waals surface area contributed by atoms with Crippen molar-refractivity contribution in [2.24, 2.45) is 0 Å². The molecule has 1 N–H and O–H groups in total. The molecule has 1 atom stereocenters. The summed E-state index contributed by atoms with van der Waals surface area (Å²) in [6, 6.07) is 9.45. The van der Waals surface area contributed by atoms with E-state index in [9.17, 15) is 9.59 Å². The maximum absolute atomic E-state index is 12.8. The van der Waals surface area contributed by atoms with Crippen molar-refractivity contribution in [1.29, 1.82) is 0 Å². The van der Waals surface area contributed by atoms with Gasteiger partial charge in [-0.3, -0.25) is 9.59 Å². The van der Waals surface area contributed by atoms with E-state index in [1.807, 2.05) is 30.3 Å². The van der Waals surface area contributed by atoms with E-state index in [2.05, 4.69) is 12.2 Å². The quantitative estimate of drug-likeness (QED) is 0.872. The first-order chi connectivity index (χ1) is 8.96. The van der Waals surface area contributed by atoms with Crippen LogP contribution in [0.4, 0.5) is 0 Å². The Balaban J connectivity index is 2.00. The fourth-order valence-corrected chi connectivity index (χ4v) is 2.71. The second-order valence-electron chi connectivity index (χ2n) is 5.93. The van der Waals surface area contributed by atoms with Gasteiger partial charge < -0.3 is 10.2 Å². The average Bonchev–Trinajstić information content (AvgIpc) is 3.14. The van der Waals surface area contributed by atoms with Crippen molar-refractivity contribution in [1.82, 2.24) is 10.2 Å². The summed E-state index contributed by atoms with van der Waals surface area (Å²) in [5.41, 5.74) is -0.227. The summed E-state index contributed by atoms with van der Waals surface area (Å²) in [6.07, 6.45) is 1.97. The van der Waals surface area contributed by atoms with Gasteiger partial charge in [-0.1, -0.05) is 30.3 Å². The zero-order valence-corrected chi connectivity index (χ0v) is 11.3. The molecule has 0 bridgehead atoms. The Morgan fingerprint density at radius 3 is 2.32 bits per heavy atom. The smallest absolute Gasteiger partial charge is 0.253 e. The van der Waals surface area contributed by atoms with Crippen LogP contribution in [0.5, 0.6) is 0 Å². The summed E-state index contributed by atoms with van der Waals surface area (Å²) in [6.45, 7) is 4.02. The van der Waals surface area contributed by atoms with Gasteiger partial charge in [-0.15, -0.1) is 0 Å². The molecular weight excluding hydrogens is 240 g/mol. The van der Waals surface area contributed by atoms with Gasteiger partial charge >= 0.3 is 0 Å². The maximum atomic E-state index is 12.8. The predicted molar refractivity (Wildman–Crippen MR) is 71.3 cm³/mol. The zero-order valence-electron chi connectivity index (χ0n) is 11.3. The highest BCUT2D eigenvalue weighted by atomic mass is 16.2. The third kappa shape index (κ3) is 1.82. The molecule has 19 heavy (non-hydrogen) atoms. The third-order valence-corrected chi connectivity index (χ3v) is 4.34. The van der Waals surface area contributed by atoms with Crippen molar-refractivity contribution in [2.45, 2.75) is 37.8 Å². The number of carbonyl (C=O) groups excluding carboxylic acids is 2. The van der Waals surface area contributed by atoms with Gasteiger partial charge in [0, 0.05) is 5.54 Å². The Morgan fingerprint density at radius 2 is 1.74 bits per heavy atom. The number of hydrogen-bond donors (Lipinski definition) is 1. The first kappa shape index (κ1) is 12.2. The average molecular weight is 258 g/mol. The Bertz CT molecular complexity index is 536. The summed E-state index contributed by atoms with van der Waals surface area (Å²) in [5.74, 6) is -0.0858. The molecule has 1 aromatic rings. The van der Waals surface area contributed by atoms with Gasteiger partial charge in [0.2, 0.25) is 5.91 Å². The van der Waals surface area contributed by atoms with Crippen LogP contribution >= 0.6 is 0 Å².